The normalized spacial score (nSPS) is 22.7. The lowest BCUT2D eigenvalue weighted by molar-refractivity contribution is 0.258. The molecule has 1 fully saturated rings. The number of rotatable bonds is 4. The molecule has 94 valence electrons. The van der Waals surface area contributed by atoms with E-state index >= 15 is 0 Å². The van der Waals surface area contributed by atoms with Gasteiger partial charge in [0.15, 0.2) is 0 Å². The van der Waals surface area contributed by atoms with Gasteiger partial charge in [-0.15, -0.1) is 10.2 Å². The van der Waals surface area contributed by atoms with Crippen molar-refractivity contribution in [2.45, 2.75) is 31.8 Å². The fraction of sp³-hybridized carbons (Fsp3) is 0.462. The summed E-state index contributed by atoms with van der Waals surface area (Å²) in [6.07, 6.45) is 8.66. The van der Waals surface area contributed by atoms with Gasteiger partial charge in [-0.1, -0.05) is 6.07 Å². The zero-order chi connectivity index (χ0) is 12.4. The Morgan fingerprint density at radius 1 is 1.39 bits per heavy atom. The molecule has 0 saturated heterocycles. The first kappa shape index (κ1) is 11.3. The third kappa shape index (κ3) is 2.41. The molecule has 5 nitrogen and oxygen atoms in total. The Bertz CT molecular complexity index is 501. The summed E-state index contributed by atoms with van der Waals surface area (Å²) in [6, 6.07) is 4.41. The first-order valence-electron chi connectivity index (χ1n) is 6.32. The highest BCUT2D eigenvalue weighted by Gasteiger charge is 2.27. The highest BCUT2D eigenvalue weighted by Crippen LogP contribution is 2.28. The number of nitrogens with two attached hydrogens (primary N) is 1. The van der Waals surface area contributed by atoms with Gasteiger partial charge in [-0.05, 0) is 30.4 Å². The van der Waals surface area contributed by atoms with Gasteiger partial charge in [-0.3, -0.25) is 4.98 Å². The van der Waals surface area contributed by atoms with E-state index in [2.05, 4.69) is 25.8 Å². The van der Waals surface area contributed by atoms with Gasteiger partial charge < -0.3 is 10.3 Å². The molecule has 0 spiro atoms. The Morgan fingerprint density at radius 2 is 2.28 bits per heavy atom. The van der Waals surface area contributed by atoms with Crippen molar-refractivity contribution in [1.29, 1.82) is 0 Å². The molecule has 2 N–H and O–H groups in total. The summed E-state index contributed by atoms with van der Waals surface area (Å²) < 4.78 is 2.10. The lowest BCUT2D eigenvalue weighted by atomic mass is 9.79. The lowest BCUT2D eigenvalue weighted by Gasteiger charge is -2.32. The molecule has 5 heteroatoms. The van der Waals surface area contributed by atoms with Crippen LogP contribution >= 0.6 is 0 Å². The van der Waals surface area contributed by atoms with Crippen LogP contribution in [0.2, 0.25) is 0 Å². The van der Waals surface area contributed by atoms with E-state index in [-0.39, 0.29) is 0 Å². The zero-order valence-electron chi connectivity index (χ0n) is 10.2. The second-order valence-electron chi connectivity index (χ2n) is 5.04. The standard InChI is InChI=1S/C13H17N5/c14-12-4-11(5-12)6-13-17-16-9-18(13)8-10-2-1-3-15-7-10/h1-3,7,9,11-12H,4-6,8,14H2. The molecule has 1 aliphatic carbocycles. The van der Waals surface area contributed by atoms with E-state index in [1.807, 2.05) is 12.3 Å². The van der Waals surface area contributed by atoms with Gasteiger partial charge in [0.2, 0.25) is 0 Å². The Kier molecular flexibility index (Phi) is 3.06. The maximum Gasteiger partial charge on any atom is 0.133 e. The van der Waals surface area contributed by atoms with Crippen molar-refractivity contribution in [1.82, 2.24) is 19.7 Å². The molecule has 18 heavy (non-hydrogen) atoms. The molecule has 0 radical (unpaired) electrons. The fourth-order valence-corrected chi connectivity index (χ4v) is 2.47. The van der Waals surface area contributed by atoms with Crippen LogP contribution in [0.5, 0.6) is 0 Å². The van der Waals surface area contributed by atoms with E-state index in [1.54, 1.807) is 12.5 Å². The molecule has 1 aliphatic rings. The van der Waals surface area contributed by atoms with Crippen molar-refractivity contribution in [3.8, 4) is 0 Å². The summed E-state index contributed by atoms with van der Waals surface area (Å²) in [5, 5.41) is 8.22. The van der Waals surface area contributed by atoms with Crippen LogP contribution in [-0.4, -0.2) is 25.8 Å². The Morgan fingerprint density at radius 3 is 3.00 bits per heavy atom. The number of nitrogens with zero attached hydrogens (tertiary/aromatic N) is 4. The Labute approximate surface area is 106 Å². The molecule has 2 aromatic heterocycles. The van der Waals surface area contributed by atoms with Crippen molar-refractivity contribution >= 4 is 0 Å². The average Bonchev–Trinajstić information content (AvgIpc) is 2.76. The van der Waals surface area contributed by atoms with Gasteiger partial charge in [-0.2, -0.15) is 0 Å². The van der Waals surface area contributed by atoms with Crippen LogP contribution in [0, 0.1) is 5.92 Å². The van der Waals surface area contributed by atoms with Gasteiger partial charge in [0, 0.05) is 24.9 Å². The minimum atomic E-state index is 0.393. The van der Waals surface area contributed by atoms with Crippen LogP contribution in [0.1, 0.15) is 24.2 Å². The number of pyridine rings is 1. The first-order chi connectivity index (χ1) is 8.81. The summed E-state index contributed by atoms with van der Waals surface area (Å²) in [4.78, 5) is 4.12. The molecular formula is C13H17N5. The maximum absolute atomic E-state index is 5.81. The maximum atomic E-state index is 5.81. The predicted molar refractivity (Wildman–Crippen MR) is 67.8 cm³/mol. The Hall–Kier alpha value is -1.75. The summed E-state index contributed by atoms with van der Waals surface area (Å²) in [6.45, 7) is 0.787. The third-order valence-corrected chi connectivity index (χ3v) is 3.51. The first-order valence-corrected chi connectivity index (χ1v) is 6.32. The molecule has 0 amide bonds. The van der Waals surface area contributed by atoms with E-state index in [9.17, 15) is 0 Å². The number of hydrogen-bond donors (Lipinski definition) is 1. The van der Waals surface area contributed by atoms with Crippen molar-refractivity contribution in [2.75, 3.05) is 0 Å². The van der Waals surface area contributed by atoms with Crippen LogP contribution in [0.15, 0.2) is 30.9 Å². The molecule has 2 aromatic rings. The monoisotopic (exact) mass is 243 g/mol. The van der Waals surface area contributed by atoms with Crippen LogP contribution in [0.3, 0.4) is 0 Å². The SMILES string of the molecule is NC1CC(Cc2nncn2Cc2cccnc2)C1. The number of aromatic nitrogens is 4. The summed E-state index contributed by atoms with van der Waals surface area (Å²) in [5.41, 5.74) is 6.98. The van der Waals surface area contributed by atoms with E-state index in [4.69, 9.17) is 5.73 Å². The van der Waals surface area contributed by atoms with Gasteiger partial charge >= 0.3 is 0 Å². The molecule has 3 rings (SSSR count). The van der Waals surface area contributed by atoms with Crippen molar-refractivity contribution in [3.63, 3.8) is 0 Å². The van der Waals surface area contributed by atoms with Crippen molar-refractivity contribution in [2.24, 2.45) is 11.7 Å². The smallest absolute Gasteiger partial charge is 0.133 e. The minimum Gasteiger partial charge on any atom is -0.328 e. The van der Waals surface area contributed by atoms with Crippen LogP contribution in [-0.2, 0) is 13.0 Å². The second kappa shape index (κ2) is 4.86. The second-order valence-corrected chi connectivity index (χ2v) is 5.04. The summed E-state index contributed by atoms with van der Waals surface area (Å²) in [7, 11) is 0. The van der Waals surface area contributed by atoms with Gasteiger partial charge in [0.25, 0.3) is 0 Å². The zero-order valence-corrected chi connectivity index (χ0v) is 10.2. The molecule has 0 bridgehead atoms. The Balaban J connectivity index is 1.68. The van der Waals surface area contributed by atoms with Crippen molar-refractivity contribution < 1.29 is 0 Å². The summed E-state index contributed by atoms with van der Waals surface area (Å²) in [5.74, 6) is 1.73. The topological polar surface area (TPSA) is 69.6 Å². The largest absolute Gasteiger partial charge is 0.328 e. The molecule has 0 aliphatic heterocycles. The average molecular weight is 243 g/mol. The van der Waals surface area contributed by atoms with Gasteiger partial charge in [0.1, 0.15) is 12.2 Å². The minimum absolute atomic E-state index is 0.393. The highest BCUT2D eigenvalue weighted by molar-refractivity contribution is 5.10. The van der Waals surface area contributed by atoms with Crippen LogP contribution in [0.25, 0.3) is 0 Å². The third-order valence-electron chi connectivity index (χ3n) is 3.51. The van der Waals surface area contributed by atoms with E-state index < -0.39 is 0 Å². The molecular weight excluding hydrogens is 226 g/mol. The van der Waals surface area contributed by atoms with E-state index in [0.717, 1.165) is 31.6 Å². The molecule has 0 atom stereocenters. The number of hydrogen-bond acceptors (Lipinski definition) is 4. The molecule has 2 heterocycles. The lowest BCUT2D eigenvalue weighted by Crippen LogP contribution is -2.37. The fourth-order valence-electron chi connectivity index (χ4n) is 2.47. The van der Waals surface area contributed by atoms with Crippen LogP contribution in [0.4, 0.5) is 0 Å². The predicted octanol–water partition coefficient (Wildman–Crippen LogP) is 1.00. The molecule has 0 unspecified atom stereocenters. The molecule has 1 saturated carbocycles. The van der Waals surface area contributed by atoms with Gasteiger partial charge in [0.05, 0.1) is 6.54 Å². The van der Waals surface area contributed by atoms with E-state index in [0.29, 0.717) is 12.0 Å². The van der Waals surface area contributed by atoms with E-state index in [1.165, 1.54) is 5.56 Å². The quantitative estimate of drug-likeness (QED) is 0.869. The van der Waals surface area contributed by atoms with Crippen LogP contribution < -0.4 is 5.73 Å². The highest BCUT2D eigenvalue weighted by atomic mass is 15.3. The van der Waals surface area contributed by atoms with Crippen molar-refractivity contribution in [3.05, 3.63) is 42.2 Å². The van der Waals surface area contributed by atoms with Gasteiger partial charge in [-0.25, -0.2) is 0 Å². The summed E-state index contributed by atoms with van der Waals surface area (Å²) >= 11 is 0. The molecule has 0 aromatic carbocycles.